The minimum absolute atomic E-state index is 0.00508. The maximum absolute atomic E-state index is 13.8. The van der Waals surface area contributed by atoms with Crippen LogP contribution in [0.25, 0.3) is 0 Å². The highest BCUT2D eigenvalue weighted by atomic mass is 32.1. The number of alkyl halides is 3. The number of carbonyl (C=O) groups excluding carboxylic acids is 2. The van der Waals surface area contributed by atoms with Crippen LogP contribution in [0, 0.1) is 18.3 Å². The average molecular weight is 527 g/mol. The lowest BCUT2D eigenvalue weighted by Gasteiger charge is -2.42. The van der Waals surface area contributed by atoms with Gasteiger partial charge in [0.05, 0.1) is 10.3 Å². The van der Waals surface area contributed by atoms with Crippen molar-refractivity contribution in [3.63, 3.8) is 0 Å². The molecule has 1 N–H and O–H groups in total. The van der Waals surface area contributed by atoms with Crippen molar-refractivity contribution in [2.75, 3.05) is 26.2 Å². The zero-order valence-electron chi connectivity index (χ0n) is 20.1. The molecule has 0 bridgehead atoms. The van der Waals surface area contributed by atoms with Crippen molar-refractivity contribution in [1.29, 1.82) is 0 Å². The number of halogens is 3. The largest absolute Gasteiger partial charge is 0.490 e. The maximum atomic E-state index is 13.8. The third-order valence-corrected chi connectivity index (χ3v) is 8.17. The summed E-state index contributed by atoms with van der Waals surface area (Å²) in [4.78, 5) is 41.9. The summed E-state index contributed by atoms with van der Waals surface area (Å²) >= 11 is 1.53. The molecule has 0 aromatic carbocycles. The van der Waals surface area contributed by atoms with E-state index >= 15 is 0 Å². The summed E-state index contributed by atoms with van der Waals surface area (Å²) in [6.07, 6.45) is 1.04. The monoisotopic (exact) mass is 526 g/mol. The second-order valence-electron chi connectivity index (χ2n) is 9.79. The smallest absolute Gasteiger partial charge is 0.475 e. The Balaban J connectivity index is 0.000000384. The van der Waals surface area contributed by atoms with Crippen molar-refractivity contribution < 1.29 is 32.7 Å². The summed E-state index contributed by atoms with van der Waals surface area (Å²) in [6.45, 7) is 4.85. The van der Waals surface area contributed by atoms with Crippen LogP contribution in [-0.2, 0) is 16.6 Å². The molecular formula is C24H29F3N4O4S. The topological polar surface area (TPSA) is 95.7 Å². The van der Waals surface area contributed by atoms with E-state index in [0.717, 1.165) is 41.4 Å². The summed E-state index contributed by atoms with van der Waals surface area (Å²) in [5.74, 6) is -1.78. The van der Waals surface area contributed by atoms with E-state index < -0.39 is 17.6 Å². The van der Waals surface area contributed by atoms with Crippen molar-refractivity contribution >= 4 is 29.1 Å². The second kappa shape index (κ2) is 9.87. The number of aryl methyl sites for hydroxylation is 2. The Labute approximate surface area is 210 Å². The number of thiophene rings is 1. The molecule has 3 fully saturated rings. The Hall–Kier alpha value is -2.89. The fraction of sp³-hybridized carbons (Fsp3) is 0.583. The summed E-state index contributed by atoms with van der Waals surface area (Å²) < 4.78 is 33.6. The van der Waals surface area contributed by atoms with Gasteiger partial charge >= 0.3 is 12.1 Å². The lowest BCUT2D eigenvalue weighted by molar-refractivity contribution is -0.192. The number of hydrogen-bond donors (Lipinski definition) is 1. The molecule has 2 aliphatic heterocycles. The van der Waals surface area contributed by atoms with Crippen molar-refractivity contribution in [3.8, 4) is 0 Å². The van der Waals surface area contributed by atoms with Crippen molar-refractivity contribution in [2.45, 2.75) is 44.7 Å². The number of hydrogen-bond acceptors (Lipinski definition) is 5. The van der Waals surface area contributed by atoms with Gasteiger partial charge in [-0.3, -0.25) is 14.3 Å². The van der Waals surface area contributed by atoms with E-state index in [0.29, 0.717) is 19.0 Å². The highest BCUT2D eigenvalue weighted by molar-refractivity contribution is 7.13. The van der Waals surface area contributed by atoms with Gasteiger partial charge in [0.15, 0.2) is 0 Å². The first-order valence-electron chi connectivity index (χ1n) is 11.9. The number of nitrogens with zero attached hydrogens (tertiary/aromatic N) is 4. The van der Waals surface area contributed by atoms with E-state index in [4.69, 9.17) is 9.90 Å². The Morgan fingerprint density at radius 1 is 1.25 bits per heavy atom. The Morgan fingerprint density at radius 2 is 1.94 bits per heavy atom. The van der Waals surface area contributed by atoms with Crippen LogP contribution in [0.3, 0.4) is 0 Å². The van der Waals surface area contributed by atoms with Crippen LogP contribution in [-0.4, -0.2) is 74.8 Å². The first-order chi connectivity index (χ1) is 16.9. The predicted octanol–water partition coefficient (Wildman–Crippen LogP) is 3.68. The molecular weight excluding hydrogens is 497 g/mol. The Bertz CT molecular complexity index is 1140. The minimum Gasteiger partial charge on any atom is -0.475 e. The number of rotatable bonds is 4. The molecule has 0 radical (unpaired) electrons. The zero-order valence-corrected chi connectivity index (χ0v) is 20.9. The number of carboxylic acids is 1. The van der Waals surface area contributed by atoms with Gasteiger partial charge in [0.2, 0.25) is 5.91 Å². The van der Waals surface area contributed by atoms with Gasteiger partial charge in [-0.15, -0.1) is 11.3 Å². The normalized spacial score (nSPS) is 24.1. The first-order valence-corrected chi connectivity index (χ1v) is 12.7. The molecule has 2 amide bonds. The predicted molar refractivity (Wildman–Crippen MR) is 126 cm³/mol. The van der Waals surface area contributed by atoms with Crippen LogP contribution < -0.4 is 0 Å². The number of piperidine rings is 1. The van der Waals surface area contributed by atoms with E-state index in [2.05, 4.69) is 10.00 Å². The van der Waals surface area contributed by atoms with Crippen LogP contribution >= 0.6 is 11.3 Å². The SMILES string of the molecule is Cc1ccc(C(=O)N2C[C@@H](c3ccnn3C)[C@@]3(CCCN(CC4CC4)C3=O)C2)s1.O=C(O)C(F)(F)F. The van der Waals surface area contributed by atoms with Crippen molar-refractivity contribution in [1.82, 2.24) is 19.6 Å². The molecule has 2 aromatic heterocycles. The van der Waals surface area contributed by atoms with Gasteiger partial charge in [0, 0.05) is 55.9 Å². The summed E-state index contributed by atoms with van der Waals surface area (Å²) in [7, 11) is 1.94. The second-order valence-corrected chi connectivity index (χ2v) is 11.1. The van der Waals surface area contributed by atoms with Crippen LogP contribution in [0.1, 0.15) is 51.8 Å². The molecule has 2 atom stereocenters. The van der Waals surface area contributed by atoms with Gasteiger partial charge in [-0.25, -0.2) is 4.79 Å². The van der Waals surface area contributed by atoms with Gasteiger partial charge in [0.25, 0.3) is 5.91 Å². The number of carboxylic acid groups (broad SMARTS) is 1. The van der Waals surface area contributed by atoms with E-state index in [1.165, 1.54) is 24.2 Å². The van der Waals surface area contributed by atoms with Crippen LogP contribution in [0.5, 0.6) is 0 Å². The molecule has 3 aliphatic rings. The third-order valence-electron chi connectivity index (χ3n) is 7.18. The highest BCUT2D eigenvalue weighted by Gasteiger charge is 2.57. The van der Waals surface area contributed by atoms with E-state index in [9.17, 15) is 22.8 Å². The molecule has 8 nitrogen and oxygen atoms in total. The Kier molecular flexibility index (Phi) is 7.18. The van der Waals surface area contributed by atoms with Gasteiger partial charge in [0.1, 0.15) is 0 Å². The zero-order chi connectivity index (χ0) is 26.3. The lowest BCUT2D eigenvalue weighted by atomic mass is 9.70. The van der Waals surface area contributed by atoms with Gasteiger partial charge in [-0.2, -0.15) is 18.3 Å². The van der Waals surface area contributed by atoms with Crippen molar-refractivity contribution in [3.05, 3.63) is 39.8 Å². The van der Waals surface area contributed by atoms with E-state index in [1.807, 2.05) is 41.8 Å². The molecule has 36 heavy (non-hydrogen) atoms. The van der Waals surface area contributed by atoms with Crippen LogP contribution in [0.4, 0.5) is 13.2 Å². The fourth-order valence-corrected chi connectivity index (χ4v) is 6.07. The molecule has 1 saturated carbocycles. The summed E-state index contributed by atoms with van der Waals surface area (Å²) in [5.41, 5.74) is 0.535. The number of carbonyl (C=O) groups is 3. The molecule has 1 spiro atoms. The molecule has 0 unspecified atom stereocenters. The fourth-order valence-electron chi connectivity index (χ4n) is 5.24. The highest BCUT2D eigenvalue weighted by Crippen LogP contribution is 2.50. The Morgan fingerprint density at radius 3 is 2.47 bits per heavy atom. The van der Waals surface area contributed by atoms with E-state index in [1.54, 1.807) is 6.20 Å². The number of aliphatic carboxylic acids is 1. The van der Waals surface area contributed by atoms with Crippen LogP contribution in [0.2, 0.25) is 0 Å². The molecule has 1 aliphatic carbocycles. The summed E-state index contributed by atoms with van der Waals surface area (Å²) in [6, 6.07) is 5.92. The number of likely N-dealkylation sites (tertiary alicyclic amines) is 2. The molecule has 196 valence electrons. The standard InChI is InChI=1S/C22H28N4O2S.C2HF3O2/c1-15-4-7-19(29-15)20(27)26-13-17(18-8-10-23-24(18)2)22(14-26)9-3-11-25(21(22)28)12-16-5-6-16;3-2(4,5)1(6)7/h4,7-8,10,16-17H,3,5-6,9,11-14H2,1-2H3;(H,6,7)/t17-,22+;/m0./s1. The molecule has 12 heteroatoms. The lowest BCUT2D eigenvalue weighted by Crippen LogP contribution is -2.53. The van der Waals surface area contributed by atoms with Gasteiger partial charge in [-0.05, 0) is 56.7 Å². The first kappa shape index (κ1) is 26.2. The van der Waals surface area contributed by atoms with Gasteiger partial charge in [-0.1, -0.05) is 0 Å². The molecule has 4 heterocycles. The van der Waals surface area contributed by atoms with Gasteiger partial charge < -0.3 is 14.9 Å². The number of aromatic nitrogens is 2. The molecule has 2 saturated heterocycles. The molecule has 5 rings (SSSR count). The van der Waals surface area contributed by atoms with Crippen molar-refractivity contribution in [2.24, 2.45) is 18.4 Å². The minimum atomic E-state index is -5.08. The molecule has 2 aromatic rings. The number of amides is 2. The third kappa shape index (κ3) is 5.28. The summed E-state index contributed by atoms with van der Waals surface area (Å²) in [5, 5.41) is 11.5. The van der Waals surface area contributed by atoms with Crippen LogP contribution in [0.15, 0.2) is 24.4 Å². The van der Waals surface area contributed by atoms with E-state index in [-0.39, 0.29) is 17.7 Å². The quantitative estimate of drug-likeness (QED) is 0.656. The maximum Gasteiger partial charge on any atom is 0.490 e. The average Bonchev–Trinajstić information content (AvgIpc) is 3.17.